The second-order valence-corrected chi connectivity index (χ2v) is 8.89. The number of rotatable bonds is 14. The summed E-state index contributed by atoms with van der Waals surface area (Å²) in [5, 5.41) is 17.6. The van der Waals surface area contributed by atoms with E-state index in [2.05, 4.69) is 6.92 Å². The minimum Gasteiger partial charge on any atom is -0.480 e. The molecule has 1 aliphatic heterocycles. The predicted octanol–water partition coefficient (Wildman–Crippen LogP) is 1.17. The maximum atomic E-state index is 12.2. The number of carbonyl (C=O) groups excluding carboxylic acids is 1. The first-order chi connectivity index (χ1) is 12.3. The summed E-state index contributed by atoms with van der Waals surface area (Å²) >= 11 is 0. The van der Waals surface area contributed by atoms with Crippen molar-refractivity contribution in [2.75, 3.05) is 25.5 Å². The molecule has 0 radical (unpaired) electrons. The summed E-state index contributed by atoms with van der Waals surface area (Å²) in [6.45, 7) is 2.26. The summed E-state index contributed by atoms with van der Waals surface area (Å²) in [4.78, 5) is 23.8. The second kappa shape index (κ2) is 11.5. The largest absolute Gasteiger partial charge is 0.480 e. The number of hydrogen-bond acceptors (Lipinski definition) is 6. The highest BCUT2D eigenvalue weighted by Gasteiger charge is 2.43. The molecular formula is C17H31NO7S. The maximum absolute atomic E-state index is 12.2. The number of carbonyl (C=O) groups is 2. The van der Waals surface area contributed by atoms with Crippen LogP contribution in [-0.2, 0) is 24.2 Å². The van der Waals surface area contributed by atoms with E-state index in [9.17, 15) is 23.1 Å². The van der Waals surface area contributed by atoms with Crippen LogP contribution in [0.15, 0.2) is 0 Å². The van der Waals surface area contributed by atoms with Gasteiger partial charge in [-0.15, -0.1) is 0 Å². The first-order valence-electron chi connectivity index (χ1n) is 9.26. The Labute approximate surface area is 155 Å². The fourth-order valence-corrected chi connectivity index (χ4v) is 4.87. The van der Waals surface area contributed by atoms with Crippen molar-refractivity contribution in [1.82, 2.24) is 4.90 Å². The molecular weight excluding hydrogens is 362 g/mol. The molecule has 1 fully saturated rings. The van der Waals surface area contributed by atoms with Crippen molar-refractivity contribution in [3.8, 4) is 0 Å². The Kier molecular flexibility index (Phi) is 10.1. The topological polar surface area (TPSA) is 121 Å². The lowest BCUT2D eigenvalue weighted by atomic mass is 10.1. The number of aliphatic carboxylic acids is 1. The Morgan fingerprint density at radius 1 is 1.27 bits per heavy atom. The molecule has 1 rings (SSSR count). The predicted molar refractivity (Wildman–Crippen MR) is 96.4 cm³/mol. The summed E-state index contributed by atoms with van der Waals surface area (Å²) in [6.07, 6.45) is 4.80. The van der Waals surface area contributed by atoms with Crippen LogP contribution in [0.1, 0.15) is 58.3 Å². The fraction of sp³-hybridized carbons (Fsp3) is 0.882. The second-order valence-electron chi connectivity index (χ2n) is 6.73. The minimum atomic E-state index is -3.51. The van der Waals surface area contributed by atoms with Crippen molar-refractivity contribution in [3.05, 3.63) is 0 Å². The van der Waals surface area contributed by atoms with Gasteiger partial charge >= 0.3 is 5.97 Å². The van der Waals surface area contributed by atoms with E-state index in [1.807, 2.05) is 0 Å². The molecule has 2 N–H and O–H groups in total. The molecule has 1 saturated heterocycles. The third-order valence-corrected chi connectivity index (χ3v) is 6.43. The number of nitrogens with zero attached hydrogens (tertiary/aromatic N) is 1. The summed E-state index contributed by atoms with van der Waals surface area (Å²) < 4.78 is 29.4. The quantitative estimate of drug-likeness (QED) is 0.425. The van der Waals surface area contributed by atoms with Gasteiger partial charge < -0.3 is 19.8 Å². The Morgan fingerprint density at radius 3 is 2.65 bits per heavy atom. The highest BCUT2D eigenvalue weighted by molar-refractivity contribution is 7.93. The van der Waals surface area contributed by atoms with Gasteiger partial charge in [0.1, 0.15) is 17.7 Å². The number of amides is 1. The van der Waals surface area contributed by atoms with Crippen molar-refractivity contribution in [2.24, 2.45) is 0 Å². The standard InChI is InChI=1S/C17H31NO7S/c1-2-3-4-7-14(19)8-9-16-18(15(20)13-26(16,23)24)10-5-6-11-25-12-17(21)22/h14,16,19H,2-13H2,1H3,(H,21,22). The Hall–Kier alpha value is -1.19. The van der Waals surface area contributed by atoms with Gasteiger partial charge in [-0.2, -0.15) is 0 Å². The van der Waals surface area contributed by atoms with Gasteiger partial charge in [0, 0.05) is 13.2 Å². The normalized spacial score (nSPS) is 20.5. The number of ether oxygens (including phenoxy) is 1. The highest BCUT2D eigenvalue weighted by atomic mass is 32.2. The molecule has 0 aromatic heterocycles. The minimum absolute atomic E-state index is 0.247. The summed E-state index contributed by atoms with van der Waals surface area (Å²) in [6, 6.07) is 0. The lowest BCUT2D eigenvalue weighted by Crippen LogP contribution is -2.37. The number of aliphatic hydroxyl groups is 1. The lowest BCUT2D eigenvalue weighted by Gasteiger charge is -2.24. The molecule has 0 bridgehead atoms. The molecule has 152 valence electrons. The Morgan fingerprint density at radius 2 is 2.00 bits per heavy atom. The molecule has 0 saturated carbocycles. The molecule has 26 heavy (non-hydrogen) atoms. The van der Waals surface area contributed by atoms with Crippen molar-refractivity contribution in [1.29, 1.82) is 0 Å². The number of aliphatic hydroxyl groups excluding tert-OH is 1. The van der Waals surface area contributed by atoms with E-state index in [1.165, 1.54) is 4.90 Å². The molecule has 1 aliphatic rings. The van der Waals surface area contributed by atoms with Crippen LogP contribution in [0.2, 0.25) is 0 Å². The number of hydrogen-bond donors (Lipinski definition) is 2. The van der Waals surface area contributed by atoms with Gasteiger partial charge in [0.25, 0.3) is 0 Å². The van der Waals surface area contributed by atoms with Crippen LogP contribution in [0, 0.1) is 0 Å². The van der Waals surface area contributed by atoms with Gasteiger partial charge in [0.05, 0.1) is 6.10 Å². The SMILES string of the molecule is CCCCCC(O)CCC1N(CCCCOCC(=O)O)C(=O)CS1(=O)=O. The average Bonchev–Trinajstić information content (AvgIpc) is 2.77. The molecule has 2 unspecified atom stereocenters. The van der Waals surface area contributed by atoms with Gasteiger partial charge in [0.15, 0.2) is 9.84 Å². The van der Waals surface area contributed by atoms with E-state index in [4.69, 9.17) is 9.84 Å². The van der Waals surface area contributed by atoms with Crippen molar-refractivity contribution >= 4 is 21.7 Å². The van der Waals surface area contributed by atoms with Gasteiger partial charge in [-0.1, -0.05) is 26.2 Å². The molecule has 0 spiro atoms. The maximum Gasteiger partial charge on any atom is 0.329 e. The lowest BCUT2D eigenvalue weighted by molar-refractivity contribution is -0.142. The van der Waals surface area contributed by atoms with Crippen LogP contribution in [0.4, 0.5) is 0 Å². The van der Waals surface area contributed by atoms with Gasteiger partial charge in [-0.25, -0.2) is 13.2 Å². The monoisotopic (exact) mass is 393 g/mol. The average molecular weight is 394 g/mol. The zero-order valence-corrected chi connectivity index (χ0v) is 16.2. The molecule has 0 aliphatic carbocycles. The van der Waals surface area contributed by atoms with E-state index in [-0.39, 0.29) is 19.6 Å². The molecule has 1 heterocycles. The molecule has 8 nitrogen and oxygen atoms in total. The number of carboxylic acids is 1. The fourth-order valence-electron chi connectivity index (χ4n) is 3.06. The third kappa shape index (κ3) is 8.01. The summed E-state index contributed by atoms with van der Waals surface area (Å²) in [5.41, 5.74) is 0. The van der Waals surface area contributed by atoms with Gasteiger partial charge in [-0.05, 0) is 32.1 Å². The Balaban J connectivity index is 2.43. The number of carboxylic acid groups (broad SMARTS) is 1. The van der Waals surface area contributed by atoms with E-state index < -0.39 is 38.9 Å². The Bertz CT molecular complexity index is 549. The molecule has 0 aromatic rings. The van der Waals surface area contributed by atoms with E-state index >= 15 is 0 Å². The van der Waals surface area contributed by atoms with Crippen molar-refractivity contribution < 1.29 is 33.0 Å². The van der Waals surface area contributed by atoms with E-state index in [0.717, 1.165) is 19.3 Å². The van der Waals surface area contributed by atoms with Crippen LogP contribution in [-0.4, -0.2) is 72.4 Å². The molecule has 1 amide bonds. The van der Waals surface area contributed by atoms with Crippen LogP contribution < -0.4 is 0 Å². The van der Waals surface area contributed by atoms with Gasteiger partial charge in [-0.3, -0.25) is 4.79 Å². The summed E-state index contributed by atoms with van der Waals surface area (Å²) in [7, 11) is -3.51. The highest BCUT2D eigenvalue weighted by Crippen LogP contribution is 2.25. The molecule has 9 heteroatoms. The van der Waals surface area contributed by atoms with E-state index in [0.29, 0.717) is 32.2 Å². The summed E-state index contributed by atoms with van der Waals surface area (Å²) in [5.74, 6) is -1.91. The van der Waals surface area contributed by atoms with Crippen LogP contribution in [0.3, 0.4) is 0 Å². The van der Waals surface area contributed by atoms with Gasteiger partial charge in [0.2, 0.25) is 5.91 Å². The van der Waals surface area contributed by atoms with Crippen molar-refractivity contribution in [2.45, 2.75) is 69.8 Å². The molecule has 0 aromatic carbocycles. The van der Waals surface area contributed by atoms with Crippen LogP contribution in [0.25, 0.3) is 0 Å². The zero-order valence-electron chi connectivity index (χ0n) is 15.4. The number of unbranched alkanes of at least 4 members (excludes halogenated alkanes) is 3. The first kappa shape index (κ1) is 22.9. The zero-order chi connectivity index (χ0) is 19.6. The third-order valence-electron chi connectivity index (χ3n) is 4.46. The van der Waals surface area contributed by atoms with E-state index in [1.54, 1.807) is 0 Å². The van der Waals surface area contributed by atoms with Crippen LogP contribution >= 0.6 is 0 Å². The first-order valence-corrected chi connectivity index (χ1v) is 11.0. The van der Waals surface area contributed by atoms with Crippen LogP contribution in [0.5, 0.6) is 0 Å². The molecule has 2 atom stereocenters. The number of sulfone groups is 1. The smallest absolute Gasteiger partial charge is 0.329 e. The van der Waals surface area contributed by atoms with Crippen molar-refractivity contribution in [3.63, 3.8) is 0 Å².